The molecule has 1 saturated carbocycles. The monoisotopic (exact) mass is 604 g/mol. The predicted molar refractivity (Wildman–Crippen MR) is 145 cm³/mol. The molecule has 2 fully saturated rings. The lowest BCUT2D eigenvalue weighted by molar-refractivity contribution is -0.139. The van der Waals surface area contributed by atoms with Crippen molar-refractivity contribution in [2.75, 3.05) is 19.3 Å². The van der Waals surface area contributed by atoms with Crippen molar-refractivity contribution < 1.29 is 40.6 Å². The lowest BCUT2D eigenvalue weighted by Gasteiger charge is -2.30. The number of ether oxygens (including phenoxy) is 1. The van der Waals surface area contributed by atoms with Gasteiger partial charge in [-0.15, -0.1) is 0 Å². The number of halogens is 4. The van der Waals surface area contributed by atoms with Gasteiger partial charge in [-0.05, 0) is 71.0 Å². The van der Waals surface area contributed by atoms with Crippen LogP contribution in [0.5, 0.6) is 5.88 Å². The van der Waals surface area contributed by atoms with E-state index in [1.165, 1.54) is 10.6 Å². The van der Waals surface area contributed by atoms with E-state index in [9.17, 15) is 35.9 Å². The second-order valence-corrected chi connectivity index (χ2v) is 13.3. The number of benzene rings is 2. The van der Waals surface area contributed by atoms with Crippen LogP contribution >= 0.6 is 0 Å². The molecule has 1 saturated heterocycles. The van der Waals surface area contributed by atoms with Crippen LogP contribution in [0.3, 0.4) is 0 Å². The molecule has 2 aromatic carbocycles. The number of pyridine rings is 1. The van der Waals surface area contributed by atoms with Crippen molar-refractivity contribution in [2.24, 2.45) is 11.8 Å². The Kier molecular flexibility index (Phi) is 7.04. The van der Waals surface area contributed by atoms with Crippen LogP contribution in [-0.2, 0) is 34.0 Å². The number of sulfonamides is 1. The number of carbonyl (C=O) groups is 1. The van der Waals surface area contributed by atoms with Crippen LogP contribution in [0.2, 0.25) is 0 Å². The average molecular weight is 605 g/mol. The molecule has 3 aliphatic rings. The van der Waals surface area contributed by atoms with Crippen molar-refractivity contribution in [3.05, 3.63) is 82.3 Å². The molecular weight excluding hydrogens is 576 g/mol. The molecule has 0 unspecified atom stereocenters. The Labute approximate surface area is 240 Å². The Morgan fingerprint density at radius 2 is 1.81 bits per heavy atom. The number of aromatic nitrogens is 1. The van der Waals surface area contributed by atoms with Gasteiger partial charge in [0.25, 0.3) is 0 Å². The molecule has 1 N–H and O–H groups in total. The van der Waals surface area contributed by atoms with E-state index in [4.69, 9.17) is 4.74 Å². The average Bonchev–Trinajstić information content (AvgIpc) is 3.53. The van der Waals surface area contributed by atoms with E-state index in [-0.39, 0.29) is 46.9 Å². The summed E-state index contributed by atoms with van der Waals surface area (Å²) in [7, 11) is -3.27. The summed E-state index contributed by atoms with van der Waals surface area (Å²) in [6.07, 6.45) is -0.249. The number of aliphatic carboxylic acids is 1. The molecule has 0 amide bonds. The second kappa shape index (κ2) is 10.3. The van der Waals surface area contributed by atoms with Crippen LogP contribution in [0, 0.1) is 17.7 Å². The Bertz CT molecular complexity index is 1650. The quantitative estimate of drug-likeness (QED) is 0.353. The second-order valence-electron chi connectivity index (χ2n) is 11.3. The van der Waals surface area contributed by atoms with Crippen LogP contribution in [0.25, 0.3) is 11.1 Å². The van der Waals surface area contributed by atoms with Gasteiger partial charge in [-0.2, -0.15) is 13.2 Å². The number of nitrogens with zero attached hydrogens (tertiary/aromatic N) is 2. The van der Waals surface area contributed by atoms with Crippen molar-refractivity contribution in [3.8, 4) is 17.0 Å². The zero-order valence-corrected chi connectivity index (χ0v) is 23.4. The lowest BCUT2D eigenvalue weighted by atomic mass is 9.88. The fourth-order valence-electron chi connectivity index (χ4n) is 6.49. The molecule has 3 aromatic rings. The number of hydrogen-bond acceptors (Lipinski definition) is 5. The highest BCUT2D eigenvalue weighted by molar-refractivity contribution is 7.88. The molecule has 1 aliphatic heterocycles. The van der Waals surface area contributed by atoms with Gasteiger partial charge in [0.05, 0.1) is 17.7 Å². The van der Waals surface area contributed by atoms with Crippen LogP contribution in [0.1, 0.15) is 52.5 Å². The molecule has 0 radical (unpaired) electrons. The van der Waals surface area contributed by atoms with Crippen molar-refractivity contribution in [2.45, 2.75) is 43.9 Å². The highest BCUT2D eigenvalue weighted by atomic mass is 32.2. The summed E-state index contributed by atoms with van der Waals surface area (Å²) in [6, 6.07) is 9.94. The van der Waals surface area contributed by atoms with Gasteiger partial charge in [0.15, 0.2) is 0 Å². The molecule has 1 aromatic heterocycles. The number of carboxylic acids is 1. The predicted octanol–water partition coefficient (Wildman–Crippen LogP) is 5.59. The Morgan fingerprint density at radius 3 is 2.43 bits per heavy atom. The fraction of sp³-hybridized carbons (Fsp3) is 0.400. The first-order chi connectivity index (χ1) is 19.8. The molecule has 3 atom stereocenters. The van der Waals surface area contributed by atoms with Gasteiger partial charge < -0.3 is 9.84 Å². The van der Waals surface area contributed by atoms with E-state index in [1.54, 1.807) is 36.5 Å². The fourth-order valence-corrected chi connectivity index (χ4v) is 7.37. The summed E-state index contributed by atoms with van der Waals surface area (Å²) < 4.78 is 87.4. The van der Waals surface area contributed by atoms with Gasteiger partial charge in [0.1, 0.15) is 12.4 Å². The summed E-state index contributed by atoms with van der Waals surface area (Å²) >= 11 is 0. The van der Waals surface area contributed by atoms with Crippen LogP contribution in [0.15, 0.2) is 48.7 Å². The third-order valence-electron chi connectivity index (χ3n) is 8.75. The number of carboxylic acid groups (broad SMARTS) is 1. The largest absolute Gasteiger partial charge is 0.481 e. The van der Waals surface area contributed by atoms with Crippen LogP contribution < -0.4 is 4.74 Å². The SMILES string of the molecule is CS(=O)(=O)N1CCC(c2ccc(-c3cc(COc4cc5c(cn4)[C@@H]4[C@H](C5)[C@H]4C(=O)O)c(F)cc3C(F)(F)F)cc2)CC1. The van der Waals surface area contributed by atoms with Crippen LogP contribution in [0.4, 0.5) is 17.6 Å². The number of fused-ring (bicyclic) bond motifs is 3. The first-order valence-corrected chi connectivity index (χ1v) is 15.5. The summed E-state index contributed by atoms with van der Waals surface area (Å²) in [5.41, 5.74) is 1.62. The normalized spacial score (nSPS) is 22.5. The minimum atomic E-state index is -4.79. The maximum atomic E-state index is 14.9. The first-order valence-electron chi connectivity index (χ1n) is 13.6. The van der Waals surface area contributed by atoms with Gasteiger partial charge in [0, 0.05) is 36.8 Å². The third-order valence-corrected chi connectivity index (χ3v) is 10.1. The van der Waals surface area contributed by atoms with Gasteiger partial charge in [0.2, 0.25) is 15.9 Å². The molecule has 2 heterocycles. The number of alkyl halides is 3. The molecule has 222 valence electrons. The zero-order valence-electron chi connectivity index (χ0n) is 22.6. The smallest absolute Gasteiger partial charge is 0.417 e. The maximum Gasteiger partial charge on any atom is 0.417 e. The zero-order chi connectivity index (χ0) is 30.0. The third kappa shape index (κ3) is 5.37. The number of piperidine rings is 1. The van der Waals surface area contributed by atoms with Crippen molar-refractivity contribution in [1.82, 2.24) is 9.29 Å². The van der Waals surface area contributed by atoms with E-state index in [1.807, 2.05) is 0 Å². The van der Waals surface area contributed by atoms with Gasteiger partial charge in [-0.1, -0.05) is 24.3 Å². The van der Waals surface area contributed by atoms with E-state index >= 15 is 0 Å². The highest BCUT2D eigenvalue weighted by Crippen LogP contribution is 2.61. The van der Waals surface area contributed by atoms with E-state index in [0.29, 0.717) is 38.4 Å². The van der Waals surface area contributed by atoms with Gasteiger partial charge in [-0.3, -0.25) is 4.79 Å². The Balaban J connectivity index is 1.20. The molecule has 2 aliphatic carbocycles. The Hall–Kier alpha value is -3.51. The van der Waals surface area contributed by atoms with Crippen LogP contribution in [-0.4, -0.2) is 48.1 Å². The van der Waals surface area contributed by atoms with Gasteiger partial charge in [-0.25, -0.2) is 22.1 Å². The minimum absolute atomic E-state index is 0.0381. The molecule has 0 bridgehead atoms. The van der Waals surface area contributed by atoms with E-state index < -0.39 is 39.5 Å². The maximum absolute atomic E-state index is 14.9. The van der Waals surface area contributed by atoms with Crippen molar-refractivity contribution in [3.63, 3.8) is 0 Å². The molecule has 6 rings (SSSR count). The van der Waals surface area contributed by atoms with Crippen molar-refractivity contribution >= 4 is 16.0 Å². The summed E-state index contributed by atoms with van der Waals surface area (Å²) in [5, 5.41) is 9.29. The van der Waals surface area contributed by atoms with Gasteiger partial charge >= 0.3 is 12.1 Å². The standard InChI is InChI=1S/C30H28F4N2O5S/c1-42(39,40)36-8-6-17(7-9-36)16-2-4-18(5-3-16)21-11-20(25(31)13-24(21)30(32,33)34)15-41-26-12-19-10-22-27(23(19)14-35-26)28(22)29(37)38/h2-5,11-14,17,22,27-28H,6-10,15H2,1H3,(H,37,38)/t22-,27-,28+/m0/s1. The van der Waals surface area contributed by atoms with E-state index in [0.717, 1.165) is 22.8 Å². The summed E-state index contributed by atoms with van der Waals surface area (Å²) in [6.45, 7) is 0.423. The Morgan fingerprint density at radius 1 is 1.12 bits per heavy atom. The molecule has 7 nitrogen and oxygen atoms in total. The van der Waals surface area contributed by atoms with E-state index in [2.05, 4.69) is 4.98 Å². The summed E-state index contributed by atoms with van der Waals surface area (Å²) in [4.78, 5) is 15.5. The lowest BCUT2D eigenvalue weighted by Crippen LogP contribution is -2.37. The summed E-state index contributed by atoms with van der Waals surface area (Å²) in [5.74, 6) is -2.02. The number of rotatable bonds is 7. The molecule has 42 heavy (non-hydrogen) atoms. The molecule has 0 spiro atoms. The van der Waals surface area contributed by atoms with Crippen molar-refractivity contribution in [1.29, 1.82) is 0 Å². The highest BCUT2D eigenvalue weighted by Gasteiger charge is 2.60. The minimum Gasteiger partial charge on any atom is -0.481 e. The molecular formula is C30H28F4N2O5S. The number of hydrogen-bond donors (Lipinski definition) is 1. The topological polar surface area (TPSA) is 96.8 Å². The molecule has 12 heteroatoms. The first kappa shape index (κ1) is 28.6.